The van der Waals surface area contributed by atoms with Crippen LogP contribution in [0, 0.1) is 6.92 Å². The summed E-state index contributed by atoms with van der Waals surface area (Å²) < 4.78 is 0. The Hall–Kier alpha value is -0.570. The Labute approximate surface area is 105 Å². The van der Waals surface area contributed by atoms with Crippen LogP contribution in [0.25, 0.3) is 0 Å². The number of piperidine rings is 1. The lowest BCUT2D eigenvalue weighted by Crippen LogP contribution is -2.43. The molecule has 2 unspecified atom stereocenters. The molecule has 0 amide bonds. The Morgan fingerprint density at radius 3 is 2.62 bits per heavy atom. The van der Waals surface area contributed by atoms with Crippen LogP contribution in [0.3, 0.4) is 0 Å². The molecule has 16 heavy (non-hydrogen) atoms. The second kappa shape index (κ2) is 4.02. The summed E-state index contributed by atoms with van der Waals surface area (Å²) in [4.78, 5) is 7.56. The van der Waals surface area contributed by atoms with Crippen LogP contribution in [-0.4, -0.2) is 21.9 Å². The molecule has 3 heteroatoms. The Balaban J connectivity index is 1.94. The molecule has 86 valence electrons. The first-order chi connectivity index (χ1) is 7.75. The number of pyridine rings is 1. The predicted molar refractivity (Wildman–Crippen MR) is 70.2 cm³/mol. The van der Waals surface area contributed by atoms with E-state index in [4.69, 9.17) is 0 Å². The van der Waals surface area contributed by atoms with Gasteiger partial charge < -0.3 is 4.90 Å². The monoisotopic (exact) mass is 280 g/mol. The third-order valence-corrected chi connectivity index (χ3v) is 4.69. The standard InChI is InChI=1S/C13H17BrN2/c1-9-8-15-5-4-13(9)16-11-2-3-12(16)7-10(14)6-11/h4-5,8,10-12H,2-3,6-7H2,1H3. The summed E-state index contributed by atoms with van der Waals surface area (Å²) in [7, 11) is 0. The summed E-state index contributed by atoms with van der Waals surface area (Å²) >= 11 is 3.79. The molecule has 1 aromatic heterocycles. The molecule has 2 saturated heterocycles. The van der Waals surface area contributed by atoms with Crippen LogP contribution in [0.4, 0.5) is 5.69 Å². The molecule has 0 spiro atoms. The van der Waals surface area contributed by atoms with E-state index in [0.29, 0.717) is 0 Å². The topological polar surface area (TPSA) is 16.1 Å². The number of aryl methyl sites for hydroxylation is 1. The highest BCUT2D eigenvalue weighted by Crippen LogP contribution is 2.42. The van der Waals surface area contributed by atoms with Gasteiger partial charge >= 0.3 is 0 Å². The molecule has 2 aliphatic heterocycles. The minimum absolute atomic E-state index is 0.725. The lowest BCUT2D eigenvalue weighted by atomic mass is 10.0. The maximum atomic E-state index is 4.19. The molecule has 2 aliphatic rings. The second-order valence-electron chi connectivity index (χ2n) is 5.02. The van der Waals surface area contributed by atoms with Gasteiger partial charge in [-0.25, -0.2) is 0 Å². The Morgan fingerprint density at radius 2 is 2.00 bits per heavy atom. The fourth-order valence-corrected chi connectivity index (χ4v) is 4.12. The van der Waals surface area contributed by atoms with Crippen LogP contribution in [-0.2, 0) is 0 Å². The number of halogens is 1. The van der Waals surface area contributed by atoms with Gasteiger partial charge in [-0.3, -0.25) is 4.98 Å². The maximum absolute atomic E-state index is 4.19. The zero-order valence-electron chi connectivity index (χ0n) is 9.56. The average Bonchev–Trinajstić information content (AvgIpc) is 2.53. The molecule has 0 saturated carbocycles. The van der Waals surface area contributed by atoms with Crippen molar-refractivity contribution in [3.8, 4) is 0 Å². The van der Waals surface area contributed by atoms with E-state index in [1.165, 1.54) is 36.9 Å². The van der Waals surface area contributed by atoms with E-state index in [1.807, 2.05) is 12.4 Å². The smallest absolute Gasteiger partial charge is 0.0431 e. The van der Waals surface area contributed by atoms with Gasteiger partial charge in [-0.15, -0.1) is 0 Å². The largest absolute Gasteiger partial charge is 0.365 e. The molecule has 1 aromatic rings. The molecule has 3 rings (SSSR count). The van der Waals surface area contributed by atoms with Crippen LogP contribution in [0.1, 0.15) is 31.2 Å². The van der Waals surface area contributed by atoms with Crippen molar-refractivity contribution in [2.75, 3.05) is 4.90 Å². The number of anilines is 1. The van der Waals surface area contributed by atoms with Crippen molar-refractivity contribution >= 4 is 21.6 Å². The fourth-order valence-electron chi connectivity index (χ4n) is 3.26. The minimum atomic E-state index is 0.725. The highest BCUT2D eigenvalue weighted by molar-refractivity contribution is 9.09. The van der Waals surface area contributed by atoms with Crippen molar-refractivity contribution < 1.29 is 0 Å². The molecular formula is C13H17BrN2. The van der Waals surface area contributed by atoms with Gasteiger partial charge in [-0.1, -0.05) is 15.9 Å². The predicted octanol–water partition coefficient (Wildman–Crippen LogP) is 3.28. The minimum Gasteiger partial charge on any atom is -0.365 e. The van der Waals surface area contributed by atoms with Crippen molar-refractivity contribution in [2.45, 2.75) is 49.5 Å². The van der Waals surface area contributed by atoms with E-state index >= 15 is 0 Å². The summed E-state index contributed by atoms with van der Waals surface area (Å²) in [6.45, 7) is 2.17. The maximum Gasteiger partial charge on any atom is 0.0431 e. The van der Waals surface area contributed by atoms with Crippen LogP contribution in [0.15, 0.2) is 18.5 Å². The number of hydrogen-bond acceptors (Lipinski definition) is 2. The van der Waals surface area contributed by atoms with Gasteiger partial charge in [0.15, 0.2) is 0 Å². The number of alkyl halides is 1. The molecule has 2 fully saturated rings. The molecule has 0 aliphatic carbocycles. The van der Waals surface area contributed by atoms with E-state index in [2.05, 4.69) is 38.8 Å². The Bertz CT molecular complexity index is 379. The fraction of sp³-hybridized carbons (Fsp3) is 0.615. The lowest BCUT2D eigenvalue weighted by Gasteiger charge is -2.39. The second-order valence-corrected chi connectivity index (χ2v) is 6.32. The first-order valence-corrected chi connectivity index (χ1v) is 7.00. The van der Waals surface area contributed by atoms with E-state index < -0.39 is 0 Å². The van der Waals surface area contributed by atoms with Crippen molar-refractivity contribution in [1.82, 2.24) is 4.98 Å². The molecule has 0 aromatic carbocycles. The van der Waals surface area contributed by atoms with Crippen molar-refractivity contribution in [3.63, 3.8) is 0 Å². The quantitative estimate of drug-likeness (QED) is 0.734. The highest BCUT2D eigenvalue weighted by Gasteiger charge is 2.40. The van der Waals surface area contributed by atoms with Crippen LogP contribution in [0.2, 0.25) is 0 Å². The van der Waals surface area contributed by atoms with Gasteiger partial charge in [-0.05, 0) is 44.2 Å². The van der Waals surface area contributed by atoms with Gasteiger partial charge in [0.25, 0.3) is 0 Å². The van der Waals surface area contributed by atoms with Crippen molar-refractivity contribution in [2.24, 2.45) is 0 Å². The van der Waals surface area contributed by atoms with Crippen LogP contribution in [0.5, 0.6) is 0 Å². The third-order valence-electron chi connectivity index (χ3n) is 3.94. The van der Waals surface area contributed by atoms with Crippen LogP contribution < -0.4 is 4.90 Å². The highest BCUT2D eigenvalue weighted by atomic mass is 79.9. The Morgan fingerprint density at radius 1 is 1.31 bits per heavy atom. The number of hydrogen-bond donors (Lipinski definition) is 0. The summed E-state index contributed by atoms with van der Waals surface area (Å²) in [5, 5.41) is 0. The van der Waals surface area contributed by atoms with E-state index in [9.17, 15) is 0 Å². The summed E-state index contributed by atoms with van der Waals surface area (Å²) in [5.74, 6) is 0. The third kappa shape index (κ3) is 1.65. The normalized spacial score (nSPS) is 33.1. The molecule has 0 N–H and O–H groups in total. The van der Waals surface area contributed by atoms with E-state index in [0.717, 1.165) is 16.9 Å². The molecule has 2 nitrogen and oxygen atoms in total. The van der Waals surface area contributed by atoms with Crippen molar-refractivity contribution in [3.05, 3.63) is 24.0 Å². The van der Waals surface area contributed by atoms with Gasteiger partial charge in [0.05, 0.1) is 0 Å². The zero-order valence-corrected chi connectivity index (χ0v) is 11.2. The zero-order chi connectivity index (χ0) is 11.1. The van der Waals surface area contributed by atoms with Gasteiger partial charge in [-0.2, -0.15) is 0 Å². The molecular weight excluding hydrogens is 264 g/mol. The van der Waals surface area contributed by atoms with Gasteiger partial charge in [0, 0.05) is 35.0 Å². The number of rotatable bonds is 1. The van der Waals surface area contributed by atoms with Crippen LogP contribution >= 0.6 is 15.9 Å². The molecule has 0 radical (unpaired) electrons. The van der Waals surface area contributed by atoms with Crippen molar-refractivity contribution in [1.29, 1.82) is 0 Å². The molecule has 2 bridgehead atoms. The average molecular weight is 281 g/mol. The summed E-state index contributed by atoms with van der Waals surface area (Å²) in [5.41, 5.74) is 2.72. The van der Waals surface area contributed by atoms with E-state index in [1.54, 1.807) is 0 Å². The van der Waals surface area contributed by atoms with E-state index in [-0.39, 0.29) is 0 Å². The number of nitrogens with zero attached hydrogens (tertiary/aromatic N) is 2. The lowest BCUT2D eigenvalue weighted by molar-refractivity contribution is 0.482. The van der Waals surface area contributed by atoms with Gasteiger partial charge in [0.2, 0.25) is 0 Å². The first-order valence-electron chi connectivity index (χ1n) is 6.08. The Kier molecular flexibility index (Phi) is 2.66. The molecule has 3 heterocycles. The summed E-state index contributed by atoms with van der Waals surface area (Å²) in [6, 6.07) is 3.66. The number of aromatic nitrogens is 1. The number of fused-ring (bicyclic) bond motifs is 2. The van der Waals surface area contributed by atoms with Gasteiger partial charge in [0.1, 0.15) is 0 Å². The molecule has 2 atom stereocenters. The first kappa shape index (κ1) is 10.6. The SMILES string of the molecule is Cc1cnccc1N1C2CCC1CC(Br)C2. The summed E-state index contributed by atoms with van der Waals surface area (Å²) in [6.07, 6.45) is 9.19.